The van der Waals surface area contributed by atoms with Crippen molar-refractivity contribution in [1.29, 1.82) is 0 Å². The second kappa shape index (κ2) is 4.52. The molecule has 2 aromatic heterocycles. The quantitative estimate of drug-likeness (QED) is 0.757. The van der Waals surface area contributed by atoms with E-state index >= 15 is 0 Å². The molecule has 0 spiro atoms. The maximum Gasteiger partial charge on any atom is 0.107 e. The van der Waals surface area contributed by atoms with Crippen LogP contribution in [0.15, 0.2) is 47.3 Å². The van der Waals surface area contributed by atoms with E-state index in [0.29, 0.717) is 0 Å². The van der Waals surface area contributed by atoms with Crippen molar-refractivity contribution >= 4 is 22.2 Å². The summed E-state index contributed by atoms with van der Waals surface area (Å²) in [4.78, 5) is 4.39. The van der Waals surface area contributed by atoms with Gasteiger partial charge < -0.3 is 5.11 Å². The SMILES string of the molecule is Cc1cscc1C(O)c1cnc2ccccc2c1. The average Bonchev–Trinajstić information content (AvgIpc) is 2.83. The summed E-state index contributed by atoms with van der Waals surface area (Å²) in [6.07, 6.45) is 1.16. The van der Waals surface area contributed by atoms with Crippen molar-refractivity contribution in [2.24, 2.45) is 0 Å². The Bertz CT molecular complexity index is 690. The first-order valence-electron chi connectivity index (χ1n) is 5.81. The van der Waals surface area contributed by atoms with Crippen LogP contribution in [0.4, 0.5) is 0 Å². The standard InChI is InChI=1S/C15H13NOS/c1-10-8-18-9-13(10)15(17)12-6-11-4-2-3-5-14(11)16-7-12/h2-9,15,17H,1H3. The molecule has 0 amide bonds. The molecule has 2 nitrogen and oxygen atoms in total. The fourth-order valence-electron chi connectivity index (χ4n) is 2.07. The van der Waals surface area contributed by atoms with Gasteiger partial charge in [-0.1, -0.05) is 18.2 Å². The highest BCUT2D eigenvalue weighted by molar-refractivity contribution is 7.08. The summed E-state index contributed by atoms with van der Waals surface area (Å²) in [5.41, 5.74) is 3.89. The Hall–Kier alpha value is -1.71. The fourth-order valence-corrected chi connectivity index (χ4v) is 2.94. The van der Waals surface area contributed by atoms with Gasteiger partial charge in [-0.2, -0.15) is 11.3 Å². The van der Waals surface area contributed by atoms with Crippen molar-refractivity contribution in [1.82, 2.24) is 4.98 Å². The van der Waals surface area contributed by atoms with E-state index in [1.54, 1.807) is 17.5 Å². The van der Waals surface area contributed by atoms with Gasteiger partial charge in [0.15, 0.2) is 0 Å². The maximum atomic E-state index is 10.4. The van der Waals surface area contributed by atoms with Crippen LogP contribution in [0.2, 0.25) is 0 Å². The van der Waals surface area contributed by atoms with Gasteiger partial charge in [0.05, 0.1) is 5.52 Å². The summed E-state index contributed by atoms with van der Waals surface area (Å²) in [5.74, 6) is 0. The Kier molecular flexibility index (Phi) is 2.86. The second-order valence-electron chi connectivity index (χ2n) is 4.37. The second-order valence-corrected chi connectivity index (χ2v) is 5.12. The van der Waals surface area contributed by atoms with Gasteiger partial charge in [0.1, 0.15) is 6.10 Å². The van der Waals surface area contributed by atoms with E-state index in [1.165, 1.54) is 0 Å². The summed E-state index contributed by atoms with van der Waals surface area (Å²) in [7, 11) is 0. The Labute approximate surface area is 110 Å². The fraction of sp³-hybridized carbons (Fsp3) is 0.133. The first-order valence-corrected chi connectivity index (χ1v) is 6.75. The van der Waals surface area contributed by atoms with Gasteiger partial charge in [0, 0.05) is 17.1 Å². The summed E-state index contributed by atoms with van der Waals surface area (Å²) in [5, 5.41) is 15.5. The molecule has 3 aromatic rings. The summed E-state index contributed by atoms with van der Waals surface area (Å²) in [6.45, 7) is 2.02. The lowest BCUT2D eigenvalue weighted by molar-refractivity contribution is 0.220. The van der Waals surface area contributed by atoms with Gasteiger partial charge in [-0.25, -0.2) is 0 Å². The molecule has 90 valence electrons. The minimum Gasteiger partial charge on any atom is -0.384 e. The minimum absolute atomic E-state index is 0.589. The lowest BCUT2D eigenvalue weighted by Crippen LogP contribution is -2.00. The van der Waals surface area contributed by atoms with Gasteiger partial charge in [-0.3, -0.25) is 4.98 Å². The van der Waals surface area contributed by atoms with Crippen molar-refractivity contribution < 1.29 is 5.11 Å². The number of pyridine rings is 1. The third kappa shape index (κ3) is 1.92. The first-order chi connectivity index (χ1) is 8.75. The van der Waals surface area contributed by atoms with Crippen LogP contribution in [0.5, 0.6) is 0 Å². The van der Waals surface area contributed by atoms with Crippen LogP contribution in [0.3, 0.4) is 0 Å². The van der Waals surface area contributed by atoms with E-state index in [9.17, 15) is 5.11 Å². The number of nitrogens with zero attached hydrogens (tertiary/aromatic N) is 1. The number of aliphatic hydroxyl groups is 1. The Balaban J connectivity index is 2.07. The Morgan fingerprint density at radius 3 is 2.83 bits per heavy atom. The van der Waals surface area contributed by atoms with Gasteiger partial charge in [0.2, 0.25) is 0 Å². The van der Waals surface area contributed by atoms with Crippen molar-refractivity contribution in [2.75, 3.05) is 0 Å². The van der Waals surface area contributed by atoms with Crippen LogP contribution in [-0.4, -0.2) is 10.1 Å². The van der Waals surface area contributed by atoms with Gasteiger partial charge in [0.25, 0.3) is 0 Å². The molecule has 0 aliphatic heterocycles. The number of fused-ring (bicyclic) bond motifs is 1. The van der Waals surface area contributed by atoms with Gasteiger partial charge in [-0.05, 0) is 40.9 Å². The molecule has 1 N–H and O–H groups in total. The van der Waals surface area contributed by atoms with Gasteiger partial charge in [-0.15, -0.1) is 0 Å². The molecule has 0 radical (unpaired) electrons. The number of thiophene rings is 1. The molecular weight excluding hydrogens is 242 g/mol. The molecule has 18 heavy (non-hydrogen) atoms. The van der Waals surface area contributed by atoms with E-state index in [0.717, 1.165) is 27.6 Å². The smallest absolute Gasteiger partial charge is 0.107 e. The monoisotopic (exact) mass is 255 g/mol. The number of hydrogen-bond donors (Lipinski definition) is 1. The predicted molar refractivity (Wildman–Crippen MR) is 74.9 cm³/mol. The highest BCUT2D eigenvalue weighted by Gasteiger charge is 2.14. The average molecular weight is 255 g/mol. The molecule has 1 unspecified atom stereocenters. The van der Waals surface area contributed by atoms with Crippen LogP contribution < -0.4 is 0 Å². The number of benzene rings is 1. The molecule has 0 bridgehead atoms. The zero-order chi connectivity index (χ0) is 12.5. The van der Waals surface area contributed by atoms with Crippen LogP contribution in [0.1, 0.15) is 22.8 Å². The number of aryl methyl sites for hydroxylation is 1. The summed E-state index contributed by atoms with van der Waals surface area (Å²) >= 11 is 1.61. The zero-order valence-electron chi connectivity index (χ0n) is 10.00. The molecule has 0 fully saturated rings. The van der Waals surface area contributed by atoms with Gasteiger partial charge >= 0.3 is 0 Å². The topological polar surface area (TPSA) is 33.1 Å². The van der Waals surface area contributed by atoms with Crippen LogP contribution in [0, 0.1) is 6.92 Å². The van der Waals surface area contributed by atoms with Crippen molar-refractivity contribution in [3.05, 3.63) is 64.0 Å². The highest BCUT2D eigenvalue weighted by Crippen LogP contribution is 2.28. The normalized spacial score (nSPS) is 12.8. The van der Waals surface area contributed by atoms with Crippen LogP contribution >= 0.6 is 11.3 Å². The van der Waals surface area contributed by atoms with E-state index in [1.807, 2.05) is 48.0 Å². The lowest BCUT2D eigenvalue weighted by atomic mass is 10.0. The number of rotatable bonds is 2. The van der Waals surface area contributed by atoms with Crippen molar-refractivity contribution in [3.63, 3.8) is 0 Å². The molecule has 2 heterocycles. The Morgan fingerprint density at radius 2 is 2.06 bits per heavy atom. The van der Waals surface area contributed by atoms with Crippen molar-refractivity contribution in [2.45, 2.75) is 13.0 Å². The third-order valence-electron chi connectivity index (χ3n) is 3.12. The largest absolute Gasteiger partial charge is 0.384 e. The molecule has 3 heteroatoms. The van der Waals surface area contributed by atoms with Crippen molar-refractivity contribution in [3.8, 4) is 0 Å². The predicted octanol–water partition coefficient (Wildman–Crippen LogP) is 3.69. The molecule has 0 saturated heterocycles. The molecule has 1 atom stereocenters. The number of aromatic nitrogens is 1. The Morgan fingerprint density at radius 1 is 1.22 bits per heavy atom. The minimum atomic E-state index is -0.589. The number of hydrogen-bond acceptors (Lipinski definition) is 3. The van der Waals surface area contributed by atoms with E-state index in [4.69, 9.17) is 0 Å². The molecular formula is C15H13NOS. The van der Waals surface area contributed by atoms with Crippen LogP contribution in [-0.2, 0) is 0 Å². The molecule has 3 rings (SSSR count). The number of para-hydroxylation sites is 1. The zero-order valence-corrected chi connectivity index (χ0v) is 10.8. The van der Waals surface area contributed by atoms with E-state index < -0.39 is 6.10 Å². The summed E-state index contributed by atoms with van der Waals surface area (Å²) < 4.78 is 0. The molecule has 1 aromatic carbocycles. The highest BCUT2D eigenvalue weighted by atomic mass is 32.1. The molecule has 0 saturated carbocycles. The molecule has 0 aliphatic carbocycles. The first kappa shape index (κ1) is 11.4. The maximum absolute atomic E-state index is 10.4. The number of aliphatic hydroxyl groups excluding tert-OH is 1. The third-order valence-corrected chi connectivity index (χ3v) is 4.00. The van der Waals surface area contributed by atoms with E-state index in [2.05, 4.69) is 4.98 Å². The summed E-state index contributed by atoms with van der Waals surface area (Å²) in [6, 6.07) is 9.94. The van der Waals surface area contributed by atoms with Crippen LogP contribution in [0.25, 0.3) is 10.9 Å². The van der Waals surface area contributed by atoms with E-state index in [-0.39, 0.29) is 0 Å². The lowest BCUT2D eigenvalue weighted by Gasteiger charge is -2.11. The molecule has 0 aliphatic rings.